The van der Waals surface area contributed by atoms with E-state index in [1.807, 2.05) is 0 Å². The van der Waals surface area contributed by atoms with Crippen molar-refractivity contribution in [2.75, 3.05) is 13.1 Å². The van der Waals surface area contributed by atoms with Crippen LogP contribution in [0.15, 0.2) is 0 Å². The standard InChI is InChI=1S/C16H32N2/c1-12(2)14-5-4-6-15(8-7-14)18-10-9-13(3)16(17)11-18/h12-16H,4-11,17H2,1-3H3. The van der Waals surface area contributed by atoms with E-state index in [1.165, 1.54) is 45.1 Å². The monoisotopic (exact) mass is 252 g/mol. The molecule has 0 aromatic heterocycles. The van der Waals surface area contributed by atoms with Crippen LogP contribution in [0, 0.1) is 17.8 Å². The van der Waals surface area contributed by atoms with Gasteiger partial charge < -0.3 is 5.73 Å². The highest BCUT2D eigenvalue weighted by molar-refractivity contribution is 4.86. The van der Waals surface area contributed by atoms with Gasteiger partial charge in [-0.25, -0.2) is 0 Å². The highest BCUT2D eigenvalue weighted by atomic mass is 15.2. The fraction of sp³-hybridized carbons (Fsp3) is 1.00. The van der Waals surface area contributed by atoms with Gasteiger partial charge in [0.2, 0.25) is 0 Å². The zero-order valence-corrected chi connectivity index (χ0v) is 12.6. The van der Waals surface area contributed by atoms with E-state index in [-0.39, 0.29) is 0 Å². The van der Waals surface area contributed by atoms with Gasteiger partial charge in [0.15, 0.2) is 0 Å². The van der Waals surface area contributed by atoms with Gasteiger partial charge in [0.1, 0.15) is 0 Å². The van der Waals surface area contributed by atoms with Crippen LogP contribution in [-0.4, -0.2) is 30.1 Å². The Kier molecular flexibility index (Phi) is 5.08. The fourth-order valence-electron chi connectivity index (χ4n) is 3.80. The predicted molar refractivity (Wildman–Crippen MR) is 78.5 cm³/mol. The van der Waals surface area contributed by atoms with E-state index in [9.17, 15) is 0 Å². The molecule has 2 heteroatoms. The molecule has 1 aliphatic heterocycles. The molecule has 2 nitrogen and oxygen atoms in total. The minimum Gasteiger partial charge on any atom is -0.326 e. The van der Waals surface area contributed by atoms with Crippen LogP contribution in [0.4, 0.5) is 0 Å². The van der Waals surface area contributed by atoms with Crippen molar-refractivity contribution in [3.8, 4) is 0 Å². The van der Waals surface area contributed by atoms with Crippen LogP contribution in [-0.2, 0) is 0 Å². The Morgan fingerprint density at radius 1 is 1.06 bits per heavy atom. The van der Waals surface area contributed by atoms with Crippen molar-refractivity contribution >= 4 is 0 Å². The minimum atomic E-state index is 0.405. The van der Waals surface area contributed by atoms with E-state index in [2.05, 4.69) is 25.7 Å². The fourth-order valence-corrected chi connectivity index (χ4v) is 3.80. The maximum absolute atomic E-state index is 6.25. The van der Waals surface area contributed by atoms with E-state index in [1.54, 1.807) is 0 Å². The first-order chi connectivity index (χ1) is 8.58. The lowest BCUT2D eigenvalue weighted by Crippen LogP contribution is -2.51. The van der Waals surface area contributed by atoms with Crippen molar-refractivity contribution in [3.63, 3.8) is 0 Å². The highest BCUT2D eigenvalue weighted by Gasteiger charge is 2.30. The summed E-state index contributed by atoms with van der Waals surface area (Å²) in [7, 11) is 0. The van der Waals surface area contributed by atoms with Gasteiger partial charge >= 0.3 is 0 Å². The van der Waals surface area contributed by atoms with Gasteiger partial charge in [-0.05, 0) is 50.0 Å². The molecular weight excluding hydrogens is 220 g/mol. The summed E-state index contributed by atoms with van der Waals surface area (Å²) < 4.78 is 0. The largest absolute Gasteiger partial charge is 0.326 e. The van der Waals surface area contributed by atoms with Crippen LogP contribution >= 0.6 is 0 Å². The van der Waals surface area contributed by atoms with Crippen molar-refractivity contribution in [1.82, 2.24) is 4.90 Å². The zero-order valence-electron chi connectivity index (χ0n) is 12.6. The summed E-state index contributed by atoms with van der Waals surface area (Å²) in [5.41, 5.74) is 6.25. The van der Waals surface area contributed by atoms with Gasteiger partial charge in [-0.2, -0.15) is 0 Å². The van der Waals surface area contributed by atoms with E-state index >= 15 is 0 Å². The minimum absolute atomic E-state index is 0.405. The summed E-state index contributed by atoms with van der Waals surface area (Å²) in [5.74, 6) is 2.55. The molecule has 4 unspecified atom stereocenters. The smallest absolute Gasteiger partial charge is 0.0194 e. The zero-order chi connectivity index (χ0) is 13.1. The summed E-state index contributed by atoms with van der Waals surface area (Å²) in [6, 6.07) is 1.23. The number of nitrogens with two attached hydrogens (primary N) is 1. The van der Waals surface area contributed by atoms with Crippen molar-refractivity contribution in [3.05, 3.63) is 0 Å². The van der Waals surface area contributed by atoms with Crippen LogP contribution in [0.1, 0.15) is 59.3 Å². The second-order valence-corrected chi connectivity index (χ2v) is 7.09. The Labute approximate surface area is 113 Å². The SMILES string of the molecule is CC(C)C1CCCC(N2CCC(C)C(N)C2)CC1. The highest BCUT2D eigenvalue weighted by Crippen LogP contribution is 2.32. The molecule has 2 rings (SSSR count). The predicted octanol–water partition coefficient (Wildman–Crippen LogP) is 3.26. The first kappa shape index (κ1) is 14.3. The Balaban J connectivity index is 1.86. The Hall–Kier alpha value is -0.0800. The average Bonchev–Trinajstić information content (AvgIpc) is 2.58. The lowest BCUT2D eigenvalue weighted by atomic mass is 9.88. The normalized spacial score (nSPS) is 39.8. The molecule has 0 bridgehead atoms. The van der Waals surface area contributed by atoms with Crippen LogP contribution in [0.3, 0.4) is 0 Å². The third-order valence-electron chi connectivity index (χ3n) is 5.49. The number of nitrogens with zero attached hydrogens (tertiary/aromatic N) is 1. The topological polar surface area (TPSA) is 29.3 Å². The third kappa shape index (κ3) is 3.48. The summed E-state index contributed by atoms with van der Waals surface area (Å²) in [4.78, 5) is 2.70. The van der Waals surface area contributed by atoms with E-state index in [0.717, 1.165) is 30.3 Å². The Morgan fingerprint density at radius 3 is 2.50 bits per heavy atom. The quantitative estimate of drug-likeness (QED) is 0.764. The summed E-state index contributed by atoms with van der Waals surface area (Å²) in [6.45, 7) is 9.51. The molecule has 1 aliphatic carbocycles. The summed E-state index contributed by atoms with van der Waals surface area (Å²) in [6.07, 6.45) is 8.42. The molecule has 0 radical (unpaired) electrons. The molecule has 1 heterocycles. The summed E-state index contributed by atoms with van der Waals surface area (Å²) in [5, 5.41) is 0. The van der Waals surface area contributed by atoms with Crippen molar-refractivity contribution in [1.29, 1.82) is 0 Å². The van der Waals surface area contributed by atoms with E-state index < -0.39 is 0 Å². The first-order valence-corrected chi connectivity index (χ1v) is 8.07. The van der Waals surface area contributed by atoms with Gasteiger partial charge in [0.05, 0.1) is 0 Å². The molecule has 2 aliphatic rings. The van der Waals surface area contributed by atoms with Crippen LogP contribution in [0.2, 0.25) is 0 Å². The molecule has 0 aromatic carbocycles. The molecule has 0 aromatic rings. The average molecular weight is 252 g/mol. The van der Waals surface area contributed by atoms with Crippen molar-refractivity contribution in [2.45, 2.75) is 71.4 Å². The molecule has 1 saturated carbocycles. The second kappa shape index (κ2) is 6.38. The third-order valence-corrected chi connectivity index (χ3v) is 5.49. The first-order valence-electron chi connectivity index (χ1n) is 8.07. The molecule has 4 atom stereocenters. The number of hydrogen-bond donors (Lipinski definition) is 1. The van der Waals surface area contributed by atoms with Gasteiger partial charge in [-0.3, -0.25) is 4.90 Å². The summed E-state index contributed by atoms with van der Waals surface area (Å²) >= 11 is 0. The number of hydrogen-bond acceptors (Lipinski definition) is 2. The molecule has 106 valence electrons. The molecule has 18 heavy (non-hydrogen) atoms. The van der Waals surface area contributed by atoms with Crippen molar-refractivity contribution in [2.24, 2.45) is 23.5 Å². The molecule has 1 saturated heterocycles. The van der Waals surface area contributed by atoms with Gasteiger partial charge in [0.25, 0.3) is 0 Å². The van der Waals surface area contributed by atoms with E-state index in [0.29, 0.717) is 6.04 Å². The molecule has 0 spiro atoms. The van der Waals surface area contributed by atoms with Gasteiger partial charge in [0, 0.05) is 18.6 Å². The number of rotatable bonds is 2. The number of piperidine rings is 1. The maximum atomic E-state index is 6.25. The van der Waals surface area contributed by atoms with Gasteiger partial charge in [-0.1, -0.05) is 33.6 Å². The van der Waals surface area contributed by atoms with Crippen LogP contribution < -0.4 is 5.73 Å². The molecule has 2 fully saturated rings. The maximum Gasteiger partial charge on any atom is 0.0194 e. The van der Waals surface area contributed by atoms with E-state index in [4.69, 9.17) is 5.73 Å². The second-order valence-electron chi connectivity index (χ2n) is 7.09. The van der Waals surface area contributed by atoms with Crippen LogP contribution in [0.25, 0.3) is 0 Å². The lowest BCUT2D eigenvalue weighted by Gasteiger charge is -2.40. The Bertz CT molecular complexity index is 251. The molecule has 2 N–H and O–H groups in total. The Morgan fingerprint density at radius 2 is 1.83 bits per heavy atom. The van der Waals surface area contributed by atoms with Gasteiger partial charge in [-0.15, -0.1) is 0 Å². The van der Waals surface area contributed by atoms with Crippen molar-refractivity contribution < 1.29 is 0 Å². The molecular formula is C16H32N2. The lowest BCUT2D eigenvalue weighted by molar-refractivity contribution is 0.109. The molecule has 0 amide bonds. The van der Waals surface area contributed by atoms with Crippen LogP contribution in [0.5, 0.6) is 0 Å². The number of likely N-dealkylation sites (tertiary alicyclic amines) is 1.